The van der Waals surface area contributed by atoms with Gasteiger partial charge < -0.3 is 5.11 Å². The van der Waals surface area contributed by atoms with E-state index in [1.807, 2.05) is 6.92 Å². The second-order valence-corrected chi connectivity index (χ2v) is 7.57. The highest BCUT2D eigenvalue weighted by Gasteiger charge is 2.36. The molecule has 2 aliphatic heterocycles. The molecule has 0 aromatic carbocycles. The van der Waals surface area contributed by atoms with E-state index in [0.717, 1.165) is 11.8 Å². The lowest BCUT2D eigenvalue weighted by atomic mass is 10.5. The zero-order valence-corrected chi connectivity index (χ0v) is 13.9. The van der Waals surface area contributed by atoms with Crippen LogP contribution in [-0.2, 0) is 9.59 Å². The van der Waals surface area contributed by atoms with E-state index >= 15 is 0 Å². The lowest BCUT2D eigenvalue weighted by Crippen LogP contribution is -2.27. The van der Waals surface area contributed by atoms with Crippen molar-refractivity contribution in [1.29, 1.82) is 0 Å². The number of thioether (sulfide) groups is 3. The predicted octanol–water partition coefficient (Wildman–Crippen LogP) is 1.80. The number of carbonyl (C=O) groups excluding carboxylic acids is 1. The van der Waals surface area contributed by atoms with Crippen LogP contribution in [-0.4, -0.2) is 54.9 Å². The molecule has 20 heavy (non-hydrogen) atoms. The number of hydrogen-bond donors (Lipinski definition) is 1. The molecular weight excluding hydrogens is 338 g/mol. The van der Waals surface area contributed by atoms with Crippen LogP contribution in [0.2, 0.25) is 0 Å². The van der Waals surface area contributed by atoms with Crippen molar-refractivity contribution in [3.8, 4) is 0 Å². The van der Waals surface area contributed by atoms with E-state index in [4.69, 9.17) is 17.3 Å². The number of rotatable bonds is 3. The van der Waals surface area contributed by atoms with Crippen molar-refractivity contribution in [1.82, 2.24) is 9.91 Å². The number of thiocarbonyl (C=S) groups is 1. The summed E-state index contributed by atoms with van der Waals surface area (Å²) in [5.41, 5.74) is 0. The largest absolute Gasteiger partial charge is 0.481 e. The number of amides is 1. The highest BCUT2D eigenvalue weighted by Crippen LogP contribution is 2.43. The molecule has 2 heterocycles. The standard InChI is InChI=1S/C10H11N3O3S4/c1-3-13-7(16)6(19-10(13)17)8-12(2)11-9(20-8)18-4-5(14)15/h3-4H2,1-2H3,(H,14,15). The molecule has 10 heteroatoms. The summed E-state index contributed by atoms with van der Waals surface area (Å²) in [6.45, 7) is 2.41. The average molecular weight is 349 g/mol. The lowest BCUT2D eigenvalue weighted by Gasteiger charge is -2.11. The van der Waals surface area contributed by atoms with Gasteiger partial charge in [0.2, 0.25) is 0 Å². The fourth-order valence-corrected chi connectivity index (χ4v) is 4.90. The Morgan fingerprint density at radius 3 is 2.75 bits per heavy atom. The molecule has 0 aliphatic carbocycles. The number of hydrazone groups is 1. The number of carboxylic acid groups (broad SMARTS) is 1. The fraction of sp³-hybridized carbons (Fsp3) is 0.400. The summed E-state index contributed by atoms with van der Waals surface area (Å²) in [5, 5.41) is 15.2. The normalized spacial score (nSPS) is 22.8. The Kier molecular flexibility index (Phi) is 4.99. The molecule has 0 unspecified atom stereocenters. The summed E-state index contributed by atoms with van der Waals surface area (Å²) in [7, 11) is 1.73. The maximum atomic E-state index is 12.2. The highest BCUT2D eigenvalue weighted by atomic mass is 32.2. The van der Waals surface area contributed by atoms with Crippen LogP contribution in [0.25, 0.3) is 0 Å². The van der Waals surface area contributed by atoms with E-state index in [9.17, 15) is 9.59 Å². The van der Waals surface area contributed by atoms with Gasteiger partial charge in [0.15, 0.2) is 4.38 Å². The van der Waals surface area contributed by atoms with E-state index in [1.54, 1.807) is 17.0 Å². The van der Waals surface area contributed by atoms with Crippen LogP contribution < -0.4 is 0 Å². The van der Waals surface area contributed by atoms with Crippen molar-refractivity contribution in [3.05, 3.63) is 9.93 Å². The number of likely N-dealkylation sites (N-methyl/N-ethyl adjacent to an activating group) is 1. The van der Waals surface area contributed by atoms with Crippen molar-refractivity contribution in [2.75, 3.05) is 19.3 Å². The maximum absolute atomic E-state index is 12.2. The van der Waals surface area contributed by atoms with Crippen LogP contribution in [0.15, 0.2) is 15.0 Å². The Labute approximate surface area is 134 Å². The molecule has 0 bridgehead atoms. The molecular formula is C10H11N3O3S4. The number of hydrogen-bond acceptors (Lipinski definition) is 8. The van der Waals surface area contributed by atoms with Crippen LogP contribution in [0.1, 0.15) is 6.92 Å². The van der Waals surface area contributed by atoms with Gasteiger partial charge in [0, 0.05) is 13.6 Å². The Bertz CT molecular complexity index is 546. The molecule has 0 spiro atoms. The minimum atomic E-state index is -0.897. The molecule has 2 aliphatic rings. The first-order chi connectivity index (χ1) is 9.43. The van der Waals surface area contributed by atoms with Crippen molar-refractivity contribution in [3.63, 3.8) is 0 Å². The number of aliphatic carboxylic acids is 1. The summed E-state index contributed by atoms with van der Waals surface area (Å²) < 4.78 is 1.16. The smallest absolute Gasteiger partial charge is 0.313 e. The van der Waals surface area contributed by atoms with E-state index in [1.165, 1.54) is 23.5 Å². The summed E-state index contributed by atoms with van der Waals surface area (Å²) >= 11 is 8.87. The molecule has 2 rings (SSSR count). The minimum Gasteiger partial charge on any atom is -0.481 e. The van der Waals surface area contributed by atoms with Crippen LogP contribution in [0.5, 0.6) is 0 Å². The first-order valence-electron chi connectivity index (χ1n) is 5.56. The molecule has 0 aromatic heterocycles. The van der Waals surface area contributed by atoms with Crippen molar-refractivity contribution < 1.29 is 14.7 Å². The Morgan fingerprint density at radius 2 is 2.20 bits per heavy atom. The van der Waals surface area contributed by atoms with E-state index in [-0.39, 0.29) is 11.7 Å². The highest BCUT2D eigenvalue weighted by molar-refractivity contribution is 8.41. The van der Waals surface area contributed by atoms with Crippen LogP contribution >= 0.6 is 47.5 Å². The molecule has 0 radical (unpaired) electrons. The van der Waals surface area contributed by atoms with E-state index in [2.05, 4.69) is 5.10 Å². The molecule has 0 saturated carbocycles. The molecule has 108 valence electrons. The molecule has 1 fully saturated rings. The van der Waals surface area contributed by atoms with Crippen molar-refractivity contribution in [2.24, 2.45) is 5.10 Å². The van der Waals surface area contributed by atoms with Gasteiger partial charge in [-0.2, -0.15) is 5.10 Å². The molecule has 1 saturated heterocycles. The van der Waals surface area contributed by atoms with Crippen molar-refractivity contribution in [2.45, 2.75) is 6.92 Å². The van der Waals surface area contributed by atoms with Crippen LogP contribution in [0.4, 0.5) is 0 Å². The van der Waals surface area contributed by atoms with Crippen LogP contribution in [0, 0.1) is 0 Å². The molecule has 6 nitrogen and oxygen atoms in total. The first-order valence-corrected chi connectivity index (χ1v) is 8.59. The van der Waals surface area contributed by atoms with E-state index < -0.39 is 5.97 Å². The van der Waals surface area contributed by atoms with Gasteiger partial charge in [0.25, 0.3) is 5.91 Å². The lowest BCUT2D eigenvalue weighted by molar-refractivity contribution is -0.133. The minimum absolute atomic E-state index is 0.0527. The second kappa shape index (κ2) is 6.37. The monoisotopic (exact) mass is 349 g/mol. The molecule has 0 atom stereocenters. The van der Waals surface area contributed by atoms with Gasteiger partial charge in [-0.1, -0.05) is 35.7 Å². The third kappa shape index (κ3) is 3.13. The Balaban J connectivity index is 2.15. The summed E-state index contributed by atoms with van der Waals surface area (Å²) in [6.07, 6.45) is 0. The van der Waals surface area contributed by atoms with Gasteiger partial charge in [-0.05, 0) is 18.7 Å². The van der Waals surface area contributed by atoms with E-state index in [0.29, 0.717) is 25.2 Å². The number of nitrogens with zero attached hydrogens (tertiary/aromatic N) is 3. The predicted molar refractivity (Wildman–Crippen MR) is 87.5 cm³/mol. The van der Waals surface area contributed by atoms with Crippen molar-refractivity contribution >= 4 is 68.1 Å². The molecule has 1 amide bonds. The first kappa shape index (κ1) is 15.7. The topological polar surface area (TPSA) is 73.2 Å². The molecule has 1 N–H and O–H groups in total. The second-order valence-electron chi connectivity index (χ2n) is 3.73. The SMILES string of the molecule is CCN1C(=O)C(=C2SC(SCC(=O)O)=NN2C)SC1=S. The fourth-order valence-electron chi connectivity index (χ4n) is 1.51. The summed E-state index contributed by atoms with van der Waals surface area (Å²) in [5.74, 6) is -1.06. The Morgan fingerprint density at radius 1 is 1.50 bits per heavy atom. The third-order valence-electron chi connectivity index (χ3n) is 2.39. The van der Waals surface area contributed by atoms with Gasteiger partial charge in [0.1, 0.15) is 14.3 Å². The van der Waals surface area contributed by atoms with Gasteiger partial charge in [-0.15, -0.1) is 0 Å². The Hall–Kier alpha value is -0.710. The average Bonchev–Trinajstić information content (AvgIpc) is 2.87. The summed E-state index contributed by atoms with van der Waals surface area (Å²) in [6, 6.07) is 0. The van der Waals surface area contributed by atoms with Crippen LogP contribution in [0.3, 0.4) is 0 Å². The quantitative estimate of drug-likeness (QED) is 0.611. The third-order valence-corrected chi connectivity index (χ3v) is 6.20. The zero-order valence-electron chi connectivity index (χ0n) is 10.7. The van der Waals surface area contributed by atoms with Gasteiger partial charge >= 0.3 is 5.97 Å². The number of carboxylic acids is 1. The van der Waals surface area contributed by atoms with Gasteiger partial charge in [0.05, 0.1) is 5.75 Å². The molecule has 0 aromatic rings. The van der Waals surface area contributed by atoms with Gasteiger partial charge in [-0.3, -0.25) is 19.5 Å². The number of carbonyl (C=O) groups is 2. The zero-order chi connectivity index (χ0) is 14.9. The maximum Gasteiger partial charge on any atom is 0.313 e. The van der Waals surface area contributed by atoms with Gasteiger partial charge in [-0.25, -0.2) is 0 Å². The summed E-state index contributed by atoms with van der Waals surface area (Å²) in [4.78, 5) is 24.9.